The molecule has 0 saturated carbocycles. The maximum Gasteiger partial charge on any atom is 0.418 e. The lowest BCUT2D eigenvalue weighted by atomic mass is 9.95. The number of nitrogens with zero attached hydrogens (tertiary/aromatic N) is 3. The summed E-state index contributed by atoms with van der Waals surface area (Å²) in [4.78, 5) is 10.2. The zero-order chi connectivity index (χ0) is 16.6. The van der Waals surface area contributed by atoms with Crippen molar-refractivity contribution < 1.29 is 13.2 Å². The predicted molar refractivity (Wildman–Crippen MR) is 83.4 cm³/mol. The Hall–Kier alpha value is -1.89. The Kier molecular flexibility index (Phi) is 4.14. The van der Waals surface area contributed by atoms with Crippen LogP contribution in [0.2, 0.25) is 0 Å². The number of nitrogens with one attached hydrogen (secondary N) is 1. The fraction of sp³-hybridized carbons (Fsp3) is 0.500. The molecule has 2 aromatic rings. The van der Waals surface area contributed by atoms with E-state index < -0.39 is 11.7 Å². The molecule has 2 unspecified atom stereocenters. The number of fused-ring (bicyclic) bond motifs is 1. The molecule has 0 amide bonds. The molecule has 2 atom stereocenters. The molecular formula is C16H19F3N4. The molecular weight excluding hydrogens is 305 g/mol. The molecule has 1 aromatic heterocycles. The molecule has 124 valence electrons. The zero-order valence-corrected chi connectivity index (χ0v) is 13.1. The van der Waals surface area contributed by atoms with Crippen LogP contribution in [0.5, 0.6) is 0 Å². The lowest BCUT2D eigenvalue weighted by Gasteiger charge is -2.38. The van der Waals surface area contributed by atoms with Gasteiger partial charge in [-0.05, 0) is 31.5 Å². The average molecular weight is 324 g/mol. The first-order valence-corrected chi connectivity index (χ1v) is 7.63. The highest BCUT2D eigenvalue weighted by atomic mass is 19.4. The van der Waals surface area contributed by atoms with Crippen LogP contribution in [-0.4, -0.2) is 36.1 Å². The van der Waals surface area contributed by atoms with Crippen molar-refractivity contribution in [3.63, 3.8) is 0 Å². The molecule has 23 heavy (non-hydrogen) atoms. The molecule has 2 heterocycles. The molecule has 3 rings (SSSR count). The van der Waals surface area contributed by atoms with Crippen LogP contribution in [0.15, 0.2) is 24.5 Å². The summed E-state index contributed by atoms with van der Waals surface area (Å²) in [6.07, 6.45) is -0.641. The van der Waals surface area contributed by atoms with Gasteiger partial charge in [0.1, 0.15) is 11.0 Å². The van der Waals surface area contributed by atoms with Crippen molar-refractivity contribution in [2.75, 3.05) is 25.0 Å². The van der Waals surface area contributed by atoms with E-state index in [1.807, 2.05) is 7.05 Å². The second-order valence-electron chi connectivity index (χ2n) is 6.12. The minimum atomic E-state index is -4.44. The van der Waals surface area contributed by atoms with Crippen LogP contribution < -0.4 is 10.2 Å². The third-order valence-corrected chi connectivity index (χ3v) is 4.32. The van der Waals surface area contributed by atoms with Gasteiger partial charge in [0, 0.05) is 31.5 Å². The number of rotatable bonds is 2. The van der Waals surface area contributed by atoms with E-state index in [-0.39, 0.29) is 5.52 Å². The van der Waals surface area contributed by atoms with Gasteiger partial charge in [0.25, 0.3) is 0 Å². The highest BCUT2D eigenvalue weighted by Gasteiger charge is 2.35. The SMILES string of the molecule is CNC1CC(C)CN(c2ccc(C(F)(F)F)c3nccnc23)C1. The van der Waals surface area contributed by atoms with E-state index in [4.69, 9.17) is 0 Å². The zero-order valence-electron chi connectivity index (χ0n) is 13.1. The monoisotopic (exact) mass is 324 g/mol. The van der Waals surface area contributed by atoms with E-state index in [1.165, 1.54) is 18.5 Å². The number of anilines is 1. The van der Waals surface area contributed by atoms with Crippen LogP contribution in [0.3, 0.4) is 0 Å². The van der Waals surface area contributed by atoms with Crippen molar-refractivity contribution in [2.45, 2.75) is 25.6 Å². The highest BCUT2D eigenvalue weighted by Crippen LogP contribution is 2.37. The number of hydrogen-bond donors (Lipinski definition) is 1. The molecule has 1 saturated heterocycles. The first-order valence-electron chi connectivity index (χ1n) is 7.63. The largest absolute Gasteiger partial charge is 0.418 e. The van der Waals surface area contributed by atoms with E-state index in [2.05, 4.69) is 27.1 Å². The number of benzene rings is 1. The summed E-state index contributed by atoms with van der Waals surface area (Å²) in [7, 11) is 1.91. The van der Waals surface area contributed by atoms with Crippen molar-refractivity contribution in [2.24, 2.45) is 5.92 Å². The van der Waals surface area contributed by atoms with Gasteiger partial charge in [-0.15, -0.1) is 0 Å². The topological polar surface area (TPSA) is 41.0 Å². The van der Waals surface area contributed by atoms with Gasteiger partial charge in [0.05, 0.1) is 11.3 Å². The second-order valence-corrected chi connectivity index (χ2v) is 6.12. The lowest BCUT2D eigenvalue weighted by molar-refractivity contribution is -0.136. The number of likely N-dealkylation sites (N-methyl/N-ethyl adjacent to an activating group) is 1. The van der Waals surface area contributed by atoms with Gasteiger partial charge >= 0.3 is 6.18 Å². The van der Waals surface area contributed by atoms with Gasteiger partial charge in [-0.25, -0.2) is 0 Å². The fourth-order valence-electron chi connectivity index (χ4n) is 3.28. The van der Waals surface area contributed by atoms with Crippen molar-refractivity contribution in [3.05, 3.63) is 30.1 Å². The number of piperidine rings is 1. The maximum atomic E-state index is 13.2. The Bertz CT molecular complexity index is 701. The molecule has 0 spiro atoms. The van der Waals surface area contributed by atoms with Crippen molar-refractivity contribution in [1.82, 2.24) is 15.3 Å². The molecule has 1 N–H and O–H groups in total. The first-order chi connectivity index (χ1) is 10.9. The van der Waals surface area contributed by atoms with Crippen LogP contribution in [0.1, 0.15) is 18.9 Å². The van der Waals surface area contributed by atoms with Gasteiger partial charge in [0.2, 0.25) is 0 Å². The predicted octanol–water partition coefficient (Wildman–Crippen LogP) is 3.08. The molecule has 1 fully saturated rings. The molecule has 0 aliphatic carbocycles. The Morgan fingerprint density at radius 3 is 2.48 bits per heavy atom. The van der Waals surface area contributed by atoms with Gasteiger partial charge in [-0.3, -0.25) is 9.97 Å². The van der Waals surface area contributed by atoms with E-state index >= 15 is 0 Å². The normalized spacial score (nSPS) is 22.6. The third kappa shape index (κ3) is 3.10. The number of aromatic nitrogens is 2. The number of hydrogen-bond acceptors (Lipinski definition) is 4. The molecule has 0 bridgehead atoms. The summed E-state index contributed by atoms with van der Waals surface area (Å²) in [6, 6.07) is 2.94. The maximum absolute atomic E-state index is 13.2. The van der Waals surface area contributed by atoms with Gasteiger partial charge < -0.3 is 10.2 Å². The van der Waals surface area contributed by atoms with E-state index in [0.29, 0.717) is 23.2 Å². The van der Waals surface area contributed by atoms with E-state index in [0.717, 1.165) is 25.6 Å². The smallest absolute Gasteiger partial charge is 0.368 e. The van der Waals surface area contributed by atoms with Crippen molar-refractivity contribution >= 4 is 16.7 Å². The van der Waals surface area contributed by atoms with Crippen LogP contribution in [-0.2, 0) is 6.18 Å². The van der Waals surface area contributed by atoms with Gasteiger partial charge in [-0.1, -0.05) is 6.92 Å². The average Bonchev–Trinajstić information content (AvgIpc) is 2.52. The third-order valence-electron chi connectivity index (χ3n) is 4.32. The van der Waals surface area contributed by atoms with Crippen LogP contribution >= 0.6 is 0 Å². The summed E-state index contributed by atoms with van der Waals surface area (Å²) < 4.78 is 39.5. The Morgan fingerprint density at radius 1 is 1.13 bits per heavy atom. The van der Waals surface area contributed by atoms with Crippen LogP contribution in [0.4, 0.5) is 18.9 Å². The molecule has 0 radical (unpaired) electrons. The minimum Gasteiger partial charge on any atom is -0.368 e. The Balaban J connectivity index is 2.09. The highest BCUT2D eigenvalue weighted by molar-refractivity contribution is 5.90. The Labute approximate surface area is 132 Å². The number of alkyl halides is 3. The van der Waals surface area contributed by atoms with Gasteiger partial charge in [-0.2, -0.15) is 13.2 Å². The second kappa shape index (κ2) is 5.96. The first kappa shape index (κ1) is 16.0. The molecule has 1 aliphatic heterocycles. The Morgan fingerprint density at radius 2 is 1.83 bits per heavy atom. The number of halogens is 3. The molecule has 7 heteroatoms. The minimum absolute atomic E-state index is 0.0864. The summed E-state index contributed by atoms with van der Waals surface area (Å²) >= 11 is 0. The molecule has 1 aliphatic rings. The van der Waals surface area contributed by atoms with Crippen molar-refractivity contribution in [3.8, 4) is 0 Å². The molecule has 4 nitrogen and oxygen atoms in total. The molecule has 1 aromatic carbocycles. The van der Waals surface area contributed by atoms with Crippen LogP contribution in [0, 0.1) is 5.92 Å². The standard InChI is InChI=1S/C16H19F3N4/c1-10-7-11(20-2)9-23(8-10)13-4-3-12(16(17,18)19)14-15(13)22-6-5-21-14/h3-6,10-11,20H,7-9H2,1-2H3. The quantitative estimate of drug-likeness (QED) is 0.922. The summed E-state index contributed by atoms with van der Waals surface area (Å²) in [5.74, 6) is 0.454. The summed E-state index contributed by atoms with van der Waals surface area (Å²) in [6.45, 7) is 3.70. The van der Waals surface area contributed by atoms with Crippen molar-refractivity contribution in [1.29, 1.82) is 0 Å². The summed E-state index contributed by atoms with van der Waals surface area (Å²) in [5, 5.41) is 3.26. The summed E-state index contributed by atoms with van der Waals surface area (Å²) in [5.41, 5.74) is 0.204. The lowest BCUT2D eigenvalue weighted by Crippen LogP contribution is -2.47. The van der Waals surface area contributed by atoms with E-state index in [9.17, 15) is 13.2 Å². The van der Waals surface area contributed by atoms with E-state index in [1.54, 1.807) is 0 Å². The fourth-order valence-corrected chi connectivity index (χ4v) is 3.28. The van der Waals surface area contributed by atoms with Crippen LogP contribution in [0.25, 0.3) is 11.0 Å². The van der Waals surface area contributed by atoms with Gasteiger partial charge in [0.15, 0.2) is 0 Å².